The Morgan fingerprint density at radius 1 is 1.11 bits per heavy atom. The highest BCUT2D eigenvalue weighted by atomic mass is 35.5. The van der Waals surface area contributed by atoms with E-state index in [1.54, 1.807) is 11.1 Å². The SMILES string of the molecule is Cn1cc(C(=O)Nc2cc(F)c(CC(=O)N3C[C@@H](N4CCOCC4)C[C@H]3CO[C@H]3CC[C@H](C(=O)O)CC3)cc2Cl)c2ccccc21. The van der Waals surface area contributed by atoms with Gasteiger partial charge < -0.3 is 29.4 Å². The fourth-order valence-corrected chi connectivity index (χ4v) is 7.32. The highest BCUT2D eigenvalue weighted by Gasteiger charge is 2.39. The summed E-state index contributed by atoms with van der Waals surface area (Å²) in [6.45, 7) is 3.72. The Kier molecular flexibility index (Phi) is 9.93. The van der Waals surface area contributed by atoms with E-state index >= 15 is 4.39 Å². The van der Waals surface area contributed by atoms with Crippen molar-refractivity contribution in [3.63, 3.8) is 0 Å². The van der Waals surface area contributed by atoms with Crippen LogP contribution in [0.5, 0.6) is 0 Å². The molecule has 0 unspecified atom stereocenters. The van der Waals surface area contributed by atoms with Crippen molar-refractivity contribution in [3.05, 3.63) is 64.6 Å². The number of para-hydroxylation sites is 1. The Bertz CT molecular complexity index is 1600. The number of likely N-dealkylation sites (tertiary alicyclic amines) is 1. The molecule has 3 aliphatic rings. The van der Waals surface area contributed by atoms with Gasteiger partial charge in [0.1, 0.15) is 5.82 Å². The molecule has 2 atom stereocenters. The van der Waals surface area contributed by atoms with E-state index in [4.69, 9.17) is 21.1 Å². The van der Waals surface area contributed by atoms with E-state index in [1.165, 1.54) is 12.1 Å². The van der Waals surface area contributed by atoms with Crippen LogP contribution in [-0.2, 0) is 32.5 Å². The Morgan fingerprint density at radius 3 is 2.59 bits per heavy atom. The van der Waals surface area contributed by atoms with Gasteiger partial charge in [-0.25, -0.2) is 4.39 Å². The molecule has 0 spiro atoms. The van der Waals surface area contributed by atoms with Crippen LogP contribution in [0.4, 0.5) is 10.1 Å². The number of carboxylic acids is 1. The molecule has 2 aliphatic heterocycles. The van der Waals surface area contributed by atoms with Crippen molar-refractivity contribution < 1.29 is 33.4 Å². The third-order valence-electron chi connectivity index (χ3n) is 9.69. The van der Waals surface area contributed by atoms with E-state index < -0.39 is 17.7 Å². The average molecular weight is 655 g/mol. The number of aryl methyl sites for hydroxylation is 1. The summed E-state index contributed by atoms with van der Waals surface area (Å²) in [6, 6.07) is 10.1. The quantitative estimate of drug-likeness (QED) is 0.343. The van der Waals surface area contributed by atoms with E-state index in [2.05, 4.69) is 10.2 Å². The molecule has 1 saturated carbocycles. The van der Waals surface area contributed by atoms with Gasteiger partial charge in [-0.2, -0.15) is 0 Å². The number of rotatable bonds is 9. The molecule has 0 bridgehead atoms. The van der Waals surface area contributed by atoms with E-state index in [-0.39, 0.29) is 52.7 Å². The minimum Gasteiger partial charge on any atom is -0.481 e. The number of morpholine rings is 1. The molecule has 10 nitrogen and oxygen atoms in total. The Labute approximate surface area is 272 Å². The molecule has 2 aromatic carbocycles. The molecule has 0 radical (unpaired) electrons. The summed E-state index contributed by atoms with van der Waals surface area (Å²) in [7, 11) is 1.85. The Hall–Kier alpha value is -3.51. The van der Waals surface area contributed by atoms with Gasteiger partial charge in [-0.1, -0.05) is 29.8 Å². The maximum atomic E-state index is 15.5. The van der Waals surface area contributed by atoms with Crippen LogP contribution < -0.4 is 5.32 Å². The van der Waals surface area contributed by atoms with Crippen molar-refractivity contribution in [2.24, 2.45) is 13.0 Å². The number of carbonyl (C=O) groups excluding carboxylic acids is 2. The largest absolute Gasteiger partial charge is 0.481 e. The van der Waals surface area contributed by atoms with Gasteiger partial charge in [0, 0.05) is 49.8 Å². The number of halogens is 2. The third-order valence-corrected chi connectivity index (χ3v) is 10.0. The second kappa shape index (κ2) is 14.1. The summed E-state index contributed by atoms with van der Waals surface area (Å²) < 4.78 is 29.1. The van der Waals surface area contributed by atoms with Crippen molar-refractivity contribution in [2.75, 3.05) is 44.8 Å². The van der Waals surface area contributed by atoms with Crippen LogP contribution in [0, 0.1) is 11.7 Å². The summed E-state index contributed by atoms with van der Waals surface area (Å²) in [5.74, 6) is -2.34. The summed E-state index contributed by atoms with van der Waals surface area (Å²) in [5.41, 5.74) is 1.62. The first-order valence-corrected chi connectivity index (χ1v) is 16.3. The predicted molar refractivity (Wildman–Crippen MR) is 172 cm³/mol. The van der Waals surface area contributed by atoms with Crippen molar-refractivity contribution in [3.8, 4) is 0 Å². The lowest BCUT2D eigenvalue weighted by Gasteiger charge is -2.32. The van der Waals surface area contributed by atoms with Crippen LogP contribution in [0.3, 0.4) is 0 Å². The molecule has 12 heteroatoms. The minimum atomic E-state index is -0.757. The molecule has 1 aromatic heterocycles. The zero-order chi connectivity index (χ0) is 32.4. The number of benzene rings is 2. The monoisotopic (exact) mass is 654 g/mol. The van der Waals surface area contributed by atoms with Crippen LogP contribution in [-0.4, -0.2) is 94.9 Å². The Morgan fingerprint density at radius 2 is 1.85 bits per heavy atom. The van der Waals surface area contributed by atoms with E-state index in [9.17, 15) is 19.5 Å². The average Bonchev–Trinajstić information content (AvgIpc) is 3.64. The van der Waals surface area contributed by atoms with Gasteiger partial charge in [-0.3, -0.25) is 19.3 Å². The van der Waals surface area contributed by atoms with Crippen molar-refractivity contribution >= 4 is 46.0 Å². The standard InChI is InChI=1S/C34H40ClFN4O6/c1-38-19-27(26-4-2-3-5-31(26)38)33(42)37-30-17-29(36)22(14-28(30)35)15-32(41)40-18-23(39-10-12-45-13-11-39)16-24(40)20-46-25-8-6-21(7-9-25)34(43)44/h2-5,14,17,19,21,23-25H,6-13,15-16,18,20H2,1H3,(H,37,42)(H,43,44)/t21-,23-,24-,25-/m0/s1. The van der Waals surface area contributed by atoms with Gasteiger partial charge in [0.25, 0.3) is 5.91 Å². The molecule has 46 heavy (non-hydrogen) atoms. The molecular formula is C34H40ClFN4O6. The summed E-state index contributed by atoms with van der Waals surface area (Å²) in [5, 5.41) is 13.0. The van der Waals surface area contributed by atoms with Crippen LogP contribution in [0.2, 0.25) is 5.02 Å². The molecule has 2 N–H and O–H groups in total. The number of aromatic nitrogens is 1. The topological polar surface area (TPSA) is 113 Å². The second-order valence-electron chi connectivity index (χ2n) is 12.6. The Balaban J connectivity index is 1.13. The number of carboxylic acid groups (broad SMARTS) is 1. The van der Waals surface area contributed by atoms with Gasteiger partial charge >= 0.3 is 5.97 Å². The number of hydrogen-bond acceptors (Lipinski definition) is 6. The highest BCUT2D eigenvalue weighted by Crippen LogP contribution is 2.31. The summed E-state index contributed by atoms with van der Waals surface area (Å²) >= 11 is 6.53. The molecular weight excluding hydrogens is 615 g/mol. The lowest BCUT2D eigenvalue weighted by atomic mass is 9.87. The van der Waals surface area contributed by atoms with Crippen LogP contribution >= 0.6 is 11.6 Å². The number of amides is 2. The predicted octanol–water partition coefficient (Wildman–Crippen LogP) is 4.73. The minimum absolute atomic E-state index is 0.0390. The number of fused-ring (bicyclic) bond motifs is 1. The highest BCUT2D eigenvalue weighted by molar-refractivity contribution is 6.34. The van der Waals surface area contributed by atoms with Crippen LogP contribution in [0.25, 0.3) is 10.9 Å². The van der Waals surface area contributed by atoms with Gasteiger partial charge in [0.15, 0.2) is 0 Å². The number of anilines is 1. The molecule has 3 heterocycles. The zero-order valence-corrected chi connectivity index (χ0v) is 26.7. The maximum Gasteiger partial charge on any atom is 0.306 e. The van der Waals surface area contributed by atoms with E-state index in [0.717, 1.165) is 30.4 Å². The first-order chi connectivity index (χ1) is 22.2. The number of ether oxygens (including phenoxy) is 2. The first kappa shape index (κ1) is 32.4. The van der Waals surface area contributed by atoms with Gasteiger partial charge in [0.2, 0.25) is 5.91 Å². The van der Waals surface area contributed by atoms with Crippen molar-refractivity contribution in [1.82, 2.24) is 14.4 Å². The van der Waals surface area contributed by atoms with Crippen molar-refractivity contribution in [1.29, 1.82) is 0 Å². The lowest BCUT2D eigenvalue weighted by molar-refractivity contribution is -0.144. The van der Waals surface area contributed by atoms with Crippen molar-refractivity contribution in [2.45, 2.75) is 56.7 Å². The smallest absolute Gasteiger partial charge is 0.306 e. The maximum absolute atomic E-state index is 15.5. The fraction of sp³-hybridized carbons (Fsp3) is 0.500. The zero-order valence-electron chi connectivity index (χ0n) is 25.9. The molecule has 6 rings (SSSR count). The number of nitrogens with zero attached hydrogens (tertiary/aromatic N) is 3. The van der Waals surface area contributed by atoms with E-state index in [1.807, 2.05) is 35.9 Å². The summed E-state index contributed by atoms with van der Waals surface area (Å²) in [6.07, 6.45) is 4.76. The number of carbonyl (C=O) groups is 3. The first-order valence-electron chi connectivity index (χ1n) is 16.0. The summed E-state index contributed by atoms with van der Waals surface area (Å²) in [4.78, 5) is 42.4. The molecule has 2 saturated heterocycles. The number of hydrogen-bond donors (Lipinski definition) is 2. The molecule has 3 aromatic rings. The second-order valence-corrected chi connectivity index (χ2v) is 13.0. The third kappa shape index (κ3) is 7.07. The van der Waals surface area contributed by atoms with Crippen LogP contribution in [0.1, 0.15) is 48.0 Å². The lowest BCUT2D eigenvalue weighted by Crippen LogP contribution is -2.45. The molecule has 1 aliphatic carbocycles. The number of nitrogens with one attached hydrogen (secondary N) is 1. The van der Waals surface area contributed by atoms with E-state index in [0.29, 0.717) is 57.6 Å². The van der Waals surface area contributed by atoms with Gasteiger partial charge in [0.05, 0.1) is 60.6 Å². The molecule has 246 valence electrons. The van der Waals surface area contributed by atoms with Crippen LogP contribution in [0.15, 0.2) is 42.6 Å². The molecule has 3 fully saturated rings. The normalized spacial score (nSPS) is 23.9. The van der Waals surface area contributed by atoms with Gasteiger partial charge in [-0.15, -0.1) is 0 Å². The van der Waals surface area contributed by atoms with Gasteiger partial charge in [-0.05, 0) is 55.9 Å². The number of aliphatic carboxylic acids is 1. The fourth-order valence-electron chi connectivity index (χ4n) is 7.08. The molecule has 2 amide bonds.